The largest absolute Gasteiger partial charge is 0.465 e. The van der Waals surface area contributed by atoms with Crippen molar-refractivity contribution >= 4 is 43.3 Å². The number of ether oxygens (including phenoxy) is 1. The molecule has 0 fully saturated rings. The van der Waals surface area contributed by atoms with Crippen molar-refractivity contribution in [2.75, 3.05) is 12.9 Å². The highest BCUT2D eigenvalue weighted by atomic mass is 32.2. The summed E-state index contributed by atoms with van der Waals surface area (Å²) in [5.74, 6) is -1.19. The molecule has 3 aromatic rings. The number of hydrogen-bond acceptors (Lipinski definition) is 8. The molecule has 0 unspecified atom stereocenters. The molecular weight excluding hydrogens is 406 g/mol. The highest BCUT2D eigenvalue weighted by Gasteiger charge is 2.17. The Balaban J connectivity index is 2.16. The predicted molar refractivity (Wildman–Crippen MR) is 101 cm³/mol. The van der Waals surface area contributed by atoms with Crippen molar-refractivity contribution in [1.29, 1.82) is 0 Å². The minimum Gasteiger partial charge on any atom is -0.465 e. The summed E-state index contributed by atoms with van der Waals surface area (Å²) in [5.41, 5.74) is 1.10. The summed E-state index contributed by atoms with van der Waals surface area (Å²) < 4.78 is 35.6. The molecule has 0 radical (unpaired) electrons. The summed E-state index contributed by atoms with van der Waals surface area (Å²) in [7, 11) is -3.41. The molecule has 0 saturated heterocycles. The standard InChI is InChI=1S/C17H17N3O6S2/c1-4-25-15(21)9-20-12-6-5-11(28(3,23)24)8-14(12)27-17(20)18-16(22)13-7-10(2)19-26-13/h5-8H,4,9H2,1-3H3. The molecule has 148 valence electrons. The van der Waals surface area contributed by atoms with Gasteiger partial charge in [-0.25, -0.2) is 8.42 Å². The van der Waals surface area contributed by atoms with E-state index in [-0.39, 0.29) is 28.6 Å². The number of nitrogens with zero attached hydrogens (tertiary/aromatic N) is 3. The zero-order valence-corrected chi connectivity index (χ0v) is 17.0. The van der Waals surface area contributed by atoms with E-state index in [4.69, 9.17) is 9.26 Å². The Morgan fingerprint density at radius 2 is 2.07 bits per heavy atom. The van der Waals surface area contributed by atoms with Gasteiger partial charge in [0.05, 0.1) is 27.4 Å². The van der Waals surface area contributed by atoms with Crippen LogP contribution in [0.2, 0.25) is 0 Å². The number of carbonyl (C=O) groups is 2. The third kappa shape index (κ3) is 4.20. The zero-order valence-electron chi connectivity index (χ0n) is 15.3. The first kappa shape index (κ1) is 20.0. The molecular formula is C17H17N3O6S2. The Kier molecular flexibility index (Phi) is 5.47. The Hall–Kier alpha value is -2.79. The summed E-state index contributed by atoms with van der Waals surface area (Å²) in [6.07, 6.45) is 1.11. The quantitative estimate of drug-likeness (QED) is 0.573. The van der Waals surface area contributed by atoms with E-state index in [1.165, 1.54) is 22.8 Å². The van der Waals surface area contributed by atoms with Crippen LogP contribution in [-0.4, -0.2) is 42.9 Å². The number of benzene rings is 1. The van der Waals surface area contributed by atoms with Gasteiger partial charge in [-0.2, -0.15) is 4.99 Å². The molecule has 2 heterocycles. The van der Waals surface area contributed by atoms with Crippen molar-refractivity contribution in [3.05, 3.63) is 40.5 Å². The second kappa shape index (κ2) is 7.68. The second-order valence-corrected chi connectivity index (χ2v) is 8.95. The first-order chi connectivity index (χ1) is 13.2. The topological polar surface area (TPSA) is 121 Å². The maximum atomic E-state index is 12.4. The molecule has 0 atom stereocenters. The molecule has 9 nitrogen and oxygen atoms in total. The molecule has 0 aliphatic rings. The molecule has 1 aromatic carbocycles. The summed E-state index contributed by atoms with van der Waals surface area (Å²) in [6, 6.07) is 5.96. The third-order valence-corrected chi connectivity index (χ3v) is 5.86. The molecule has 3 rings (SSSR count). The number of aromatic nitrogens is 2. The lowest BCUT2D eigenvalue weighted by molar-refractivity contribution is -0.143. The number of thiazole rings is 1. The molecule has 2 aromatic heterocycles. The van der Waals surface area contributed by atoms with E-state index in [0.29, 0.717) is 15.9 Å². The number of rotatable bonds is 5. The van der Waals surface area contributed by atoms with E-state index in [0.717, 1.165) is 17.6 Å². The molecule has 0 N–H and O–H groups in total. The van der Waals surface area contributed by atoms with Crippen molar-refractivity contribution in [2.24, 2.45) is 4.99 Å². The van der Waals surface area contributed by atoms with E-state index in [2.05, 4.69) is 10.1 Å². The van der Waals surface area contributed by atoms with Crippen LogP contribution >= 0.6 is 11.3 Å². The summed E-state index contributed by atoms with van der Waals surface area (Å²) in [4.78, 5) is 28.8. The minimum atomic E-state index is -3.41. The molecule has 0 aliphatic carbocycles. The molecule has 0 bridgehead atoms. The molecule has 0 spiro atoms. The van der Waals surface area contributed by atoms with Gasteiger partial charge in [0, 0.05) is 12.3 Å². The number of sulfone groups is 1. The van der Waals surface area contributed by atoms with Gasteiger partial charge >= 0.3 is 11.9 Å². The van der Waals surface area contributed by atoms with Crippen molar-refractivity contribution in [3.63, 3.8) is 0 Å². The number of hydrogen-bond donors (Lipinski definition) is 0. The lowest BCUT2D eigenvalue weighted by Gasteiger charge is -2.05. The number of esters is 1. The van der Waals surface area contributed by atoms with Gasteiger partial charge < -0.3 is 13.8 Å². The van der Waals surface area contributed by atoms with Gasteiger partial charge in [-0.1, -0.05) is 16.5 Å². The number of amides is 1. The first-order valence-electron chi connectivity index (χ1n) is 8.20. The van der Waals surface area contributed by atoms with E-state index >= 15 is 0 Å². The molecule has 1 amide bonds. The van der Waals surface area contributed by atoms with Crippen LogP contribution < -0.4 is 4.80 Å². The lowest BCUT2D eigenvalue weighted by Crippen LogP contribution is -2.23. The van der Waals surface area contributed by atoms with Crippen molar-refractivity contribution in [3.8, 4) is 0 Å². The van der Waals surface area contributed by atoms with Crippen molar-refractivity contribution in [2.45, 2.75) is 25.3 Å². The second-order valence-electron chi connectivity index (χ2n) is 5.93. The molecule has 11 heteroatoms. The monoisotopic (exact) mass is 423 g/mol. The average Bonchev–Trinajstić information content (AvgIpc) is 3.18. The molecule has 0 aliphatic heterocycles. The van der Waals surface area contributed by atoms with Crippen LogP contribution in [-0.2, 0) is 25.9 Å². The summed E-state index contributed by atoms with van der Waals surface area (Å²) in [5, 5.41) is 3.66. The average molecular weight is 423 g/mol. The molecule has 28 heavy (non-hydrogen) atoms. The maximum Gasteiger partial charge on any atom is 0.326 e. The summed E-state index contributed by atoms with van der Waals surface area (Å²) in [6.45, 7) is 3.40. The first-order valence-corrected chi connectivity index (χ1v) is 10.9. The van der Waals surface area contributed by atoms with Crippen LogP contribution in [0, 0.1) is 6.92 Å². The highest BCUT2D eigenvalue weighted by Crippen LogP contribution is 2.22. The molecule has 0 saturated carbocycles. The van der Waals surface area contributed by atoms with Gasteiger partial charge in [0.15, 0.2) is 14.6 Å². The predicted octanol–water partition coefficient (Wildman–Crippen LogP) is 1.71. The Morgan fingerprint density at radius 3 is 2.68 bits per heavy atom. The smallest absolute Gasteiger partial charge is 0.326 e. The van der Waals surface area contributed by atoms with Gasteiger partial charge in [-0.15, -0.1) is 0 Å². The Morgan fingerprint density at radius 1 is 1.32 bits per heavy atom. The van der Waals surface area contributed by atoms with Crippen LogP contribution in [0.1, 0.15) is 23.2 Å². The van der Waals surface area contributed by atoms with E-state index < -0.39 is 21.7 Å². The normalized spacial score (nSPS) is 12.5. The fraction of sp³-hybridized carbons (Fsp3) is 0.294. The van der Waals surface area contributed by atoms with E-state index in [9.17, 15) is 18.0 Å². The zero-order chi connectivity index (χ0) is 20.5. The van der Waals surface area contributed by atoms with Crippen molar-refractivity contribution < 1.29 is 27.3 Å². The third-order valence-electron chi connectivity index (χ3n) is 3.71. The van der Waals surface area contributed by atoms with Crippen molar-refractivity contribution in [1.82, 2.24) is 9.72 Å². The van der Waals surface area contributed by atoms with Crippen LogP contribution in [0.5, 0.6) is 0 Å². The van der Waals surface area contributed by atoms with Gasteiger partial charge in [-0.3, -0.25) is 9.59 Å². The van der Waals surface area contributed by atoms with Crippen LogP contribution in [0.3, 0.4) is 0 Å². The number of carbonyl (C=O) groups excluding carboxylic acids is 2. The maximum absolute atomic E-state index is 12.4. The number of fused-ring (bicyclic) bond motifs is 1. The summed E-state index contributed by atoms with van der Waals surface area (Å²) >= 11 is 1.09. The fourth-order valence-corrected chi connectivity index (χ4v) is 4.25. The lowest BCUT2D eigenvalue weighted by atomic mass is 10.3. The van der Waals surface area contributed by atoms with Gasteiger partial charge in [0.2, 0.25) is 5.76 Å². The number of aryl methyl sites for hydroxylation is 1. The van der Waals surface area contributed by atoms with Crippen LogP contribution in [0.4, 0.5) is 0 Å². The Bertz CT molecular complexity index is 1230. The SMILES string of the molecule is CCOC(=O)Cn1c(=NC(=O)c2cc(C)no2)sc2cc(S(C)(=O)=O)ccc21. The van der Waals surface area contributed by atoms with Gasteiger partial charge in [0.1, 0.15) is 6.54 Å². The van der Waals surface area contributed by atoms with E-state index in [1.54, 1.807) is 19.9 Å². The Labute approximate surface area is 164 Å². The van der Waals surface area contributed by atoms with Gasteiger partial charge in [-0.05, 0) is 32.0 Å². The highest BCUT2D eigenvalue weighted by molar-refractivity contribution is 7.90. The van der Waals surface area contributed by atoms with E-state index in [1.807, 2.05) is 0 Å². The minimum absolute atomic E-state index is 0.0329. The van der Waals surface area contributed by atoms with Crippen LogP contribution in [0.15, 0.2) is 38.7 Å². The van der Waals surface area contributed by atoms with Crippen LogP contribution in [0.25, 0.3) is 10.2 Å². The van der Waals surface area contributed by atoms with Gasteiger partial charge in [0.25, 0.3) is 0 Å². The fourth-order valence-electron chi connectivity index (χ4n) is 2.46.